The molecule has 0 aromatic heterocycles. The van der Waals surface area contributed by atoms with Crippen molar-refractivity contribution in [3.63, 3.8) is 0 Å². The minimum Gasteiger partial charge on any atom is -0.465 e. The first-order valence-electron chi connectivity index (χ1n) is 8.44. The minimum atomic E-state index is -0.455. The second kappa shape index (κ2) is 7.02. The van der Waals surface area contributed by atoms with Crippen LogP contribution in [0.3, 0.4) is 0 Å². The molecule has 2 aliphatic rings. The molecule has 5 nitrogen and oxygen atoms in total. The van der Waals surface area contributed by atoms with Gasteiger partial charge < -0.3 is 15.4 Å². The number of carbonyl (C=O) groups excluding carboxylic acids is 2. The summed E-state index contributed by atoms with van der Waals surface area (Å²) in [5.41, 5.74) is 7.99. The average Bonchev–Trinajstić information content (AvgIpc) is 2.59. The van der Waals surface area contributed by atoms with Gasteiger partial charge in [0.25, 0.3) is 0 Å². The van der Waals surface area contributed by atoms with Gasteiger partial charge in [0.15, 0.2) is 0 Å². The molecule has 23 heavy (non-hydrogen) atoms. The zero-order chi connectivity index (χ0) is 16.2. The van der Waals surface area contributed by atoms with Gasteiger partial charge >= 0.3 is 12.0 Å². The predicted octanol–water partition coefficient (Wildman–Crippen LogP) is 2.44. The Kier molecular flexibility index (Phi) is 4.84. The number of esters is 1. The van der Waals surface area contributed by atoms with Crippen molar-refractivity contribution in [2.24, 2.45) is 11.7 Å². The second-order valence-corrected chi connectivity index (χ2v) is 6.54. The van der Waals surface area contributed by atoms with Gasteiger partial charge in [0, 0.05) is 19.0 Å². The molecular weight excluding hydrogens is 292 g/mol. The number of urea groups is 1. The number of amides is 2. The highest BCUT2D eigenvalue weighted by atomic mass is 16.5. The van der Waals surface area contributed by atoms with E-state index in [4.69, 9.17) is 10.5 Å². The van der Waals surface area contributed by atoms with Gasteiger partial charge in [-0.15, -0.1) is 0 Å². The summed E-state index contributed by atoms with van der Waals surface area (Å²) in [5, 5.41) is 0. The molecule has 1 aliphatic heterocycles. The van der Waals surface area contributed by atoms with Crippen molar-refractivity contribution in [1.29, 1.82) is 0 Å². The summed E-state index contributed by atoms with van der Waals surface area (Å²) in [4.78, 5) is 25.1. The van der Waals surface area contributed by atoms with Crippen LogP contribution >= 0.6 is 0 Å². The van der Waals surface area contributed by atoms with E-state index in [-0.39, 0.29) is 11.9 Å². The molecule has 2 amide bonds. The number of benzene rings is 1. The van der Waals surface area contributed by atoms with Crippen molar-refractivity contribution in [3.05, 3.63) is 35.4 Å². The number of likely N-dealkylation sites (tertiary alicyclic amines) is 1. The number of piperidine rings is 1. The fourth-order valence-electron chi connectivity index (χ4n) is 3.70. The van der Waals surface area contributed by atoms with E-state index in [1.165, 1.54) is 16.0 Å². The summed E-state index contributed by atoms with van der Waals surface area (Å²) in [6, 6.07) is 7.96. The van der Waals surface area contributed by atoms with Crippen molar-refractivity contribution in [1.82, 2.24) is 4.90 Å². The van der Waals surface area contributed by atoms with E-state index in [1.807, 2.05) is 6.07 Å². The smallest absolute Gasteiger partial charge is 0.314 e. The summed E-state index contributed by atoms with van der Waals surface area (Å²) in [6.45, 7) is 1.45. The second-order valence-electron chi connectivity index (χ2n) is 6.54. The van der Waals surface area contributed by atoms with Gasteiger partial charge in [-0.25, -0.2) is 4.79 Å². The van der Waals surface area contributed by atoms with Crippen molar-refractivity contribution >= 4 is 12.0 Å². The molecule has 3 rings (SSSR count). The third kappa shape index (κ3) is 3.66. The molecule has 124 valence electrons. The lowest BCUT2D eigenvalue weighted by Crippen LogP contribution is -2.45. The number of rotatable bonds is 3. The molecule has 0 spiro atoms. The Morgan fingerprint density at radius 1 is 1.22 bits per heavy atom. The molecule has 0 saturated carbocycles. The quantitative estimate of drug-likeness (QED) is 0.871. The lowest BCUT2D eigenvalue weighted by Gasteiger charge is -2.31. The van der Waals surface area contributed by atoms with Gasteiger partial charge in [-0.3, -0.25) is 4.79 Å². The summed E-state index contributed by atoms with van der Waals surface area (Å²) >= 11 is 0. The summed E-state index contributed by atoms with van der Waals surface area (Å²) in [5.74, 6) is -0.145. The molecule has 1 aromatic carbocycles. The zero-order valence-corrected chi connectivity index (χ0v) is 13.4. The van der Waals surface area contributed by atoms with Crippen LogP contribution in [0.2, 0.25) is 0 Å². The Balaban J connectivity index is 1.56. The highest BCUT2D eigenvalue weighted by molar-refractivity contribution is 5.76. The lowest BCUT2D eigenvalue weighted by molar-refractivity contribution is -0.150. The maximum Gasteiger partial charge on any atom is 0.314 e. The number of primary amides is 1. The zero-order valence-electron chi connectivity index (χ0n) is 13.4. The molecule has 0 bridgehead atoms. The molecule has 2 atom stereocenters. The molecule has 5 heteroatoms. The Morgan fingerprint density at radius 3 is 2.87 bits per heavy atom. The maximum atomic E-state index is 12.3. The fourth-order valence-corrected chi connectivity index (χ4v) is 3.70. The van der Waals surface area contributed by atoms with E-state index in [0.717, 1.165) is 32.1 Å². The van der Waals surface area contributed by atoms with E-state index in [2.05, 4.69) is 18.2 Å². The van der Waals surface area contributed by atoms with Crippen molar-refractivity contribution in [2.75, 3.05) is 19.7 Å². The molecule has 1 aliphatic carbocycles. The van der Waals surface area contributed by atoms with Crippen molar-refractivity contribution < 1.29 is 14.3 Å². The van der Waals surface area contributed by atoms with Crippen LogP contribution in [0.25, 0.3) is 0 Å². The van der Waals surface area contributed by atoms with Gasteiger partial charge in [-0.05, 0) is 43.2 Å². The maximum absolute atomic E-state index is 12.3. The molecule has 0 unspecified atom stereocenters. The molecule has 0 radical (unpaired) electrons. The summed E-state index contributed by atoms with van der Waals surface area (Å²) < 4.78 is 5.59. The van der Waals surface area contributed by atoms with E-state index >= 15 is 0 Å². The highest BCUT2D eigenvalue weighted by Gasteiger charge is 2.29. The standard InChI is InChI=1S/C18H24N2O3/c19-18(22)20-10-4-8-14(11-20)17(21)23-12-15-7-3-6-13-5-1-2-9-16(13)15/h1-2,5,9,14-15H,3-4,6-8,10-12H2,(H2,19,22)/t14-,15+/m0/s1. The summed E-state index contributed by atoms with van der Waals surface area (Å²) in [7, 11) is 0. The van der Waals surface area contributed by atoms with Gasteiger partial charge in [0.2, 0.25) is 0 Å². The van der Waals surface area contributed by atoms with Gasteiger partial charge in [0.1, 0.15) is 0 Å². The first-order chi connectivity index (χ1) is 11.1. The number of carbonyl (C=O) groups is 2. The lowest BCUT2D eigenvalue weighted by atomic mass is 9.83. The summed E-state index contributed by atoms with van der Waals surface area (Å²) in [6.07, 6.45) is 4.87. The molecular formula is C18H24N2O3. The van der Waals surface area contributed by atoms with Crippen LogP contribution in [0.4, 0.5) is 4.79 Å². The molecule has 1 fully saturated rings. The van der Waals surface area contributed by atoms with Crippen LogP contribution in [-0.4, -0.2) is 36.6 Å². The van der Waals surface area contributed by atoms with E-state index in [0.29, 0.717) is 25.6 Å². The normalized spacial score (nSPS) is 23.9. The first kappa shape index (κ1) is 15.8. The SMILES string of the molecule is NC(=O)N1CCC[C@H](C(=O)OC[C@H]2CCCc3ccccc32)C1. The number of nitrogens with zero attached hydrogens (tertiary/aromatic N) is 1. The van der Waals surface area contributed by atoms with Crippen LogP contribution in [0, 0.1) is 5.92 Å². The monoisotopic (exact) mass is 316 g/mol. The Labute approximate surface area is 136 Å². The van der Waals surface area contributed by atoms with Crippen LogP contribution in [-0.2, 0) is 16.0 Å². The molecule has 1 saturated heterocycles. The van der Waals surface area contributed by atoms with Crippen molar-refractivity contribution in [3.8, 4) is 0 Å². The number of nitrogens with two attached hydrogens (primary N) is 1. The number of fused-ring (bicyclic) bond motifs is 1. The van der Waals surface area contributed by atoms with Gasteiger partial charge in [-0.1, -0.05) is 24.3 Å². The molecule has 1 heterocycles. The van der Waals surface area contributed by atoms with Crippen LogP contribution in [0.15, 0.2) is 24.3 Å². The Hall–Kier alpha value is -2.04. The van der Waals surface area contributed by atoms with Crippen molar-refractivity contribution in [2.45, 2.75) is 38.0 Å². The van der Waals surface area contributed by atoms with Crippen LogP contribution < -0.4 is 5.73 Å². The Morgan fingerprint density at radius 2 is 2.04 bits per heavy atom. The minimum absolute atomic E-state index is 0.195. The third-order valence-electron chi connectivity index (χ3n) is 4.99. The number of ether oxygens (including phenoxy) is 1. The van der Waals surface area contributed by atoms with Gasteiger partial charge in [-0.2, -0.15) is 0 Å². The number of hydrogen-bond acceptors (Lipinski definition) is 3. The van der Waals surface area contributed by atoms with E-state index in [1.54, 1.807) is 0 Å². The largest absolute Gasteiger partial charge is 0.465 e. The molecule has 2 N–H and O–H groups in total. The van der Waals surface area contributed by atoms with Crippen LogP contribution in [0.5, 0.6) is 0 Å². The Bertz CT molecular complexity index is 587. The highest BCUT2D eigenvalue weighted by Crippen LogP contribution is 2.32. The fraction of sp³-hybridized carbons (Fsp3) is 0.556. The number of hydrogen-bond donors (Lipinski definition) is 1. The van der Waals surface area contributed by atoms with E-state index < -0.39 is 6.03 Å². The average molecular weight is 316 g/mol. The molecule has 1 aromatic rings. The van der Waals surface area contributed by atoms with Gasteiger partial charge in [0.05, 0.1) is 12.5 Å². The first-order valence-corrected chi connectivity index (χ1v) is 8.44. The third-order valence-corrected chi connectivity index (χ3v) is 4.99. The topological polar surface area (TPSA) is 72.6 Å². The van der Waals surface area contributed by atoms with E-state index in [9.17, 15) is 9.59 Å². The van der Waals surface area contributed by atoms with Crippen LogP contribution in [0.1, 0.15) is 42.7 Å². The number of aryl methyl sites for hydroxylation is 1. The predicted molar refractivity (Wildman–Crippen MR) is 87.0 cm³/mol.